The maximum Gasteiger partial charge on any atom is 0.222 e. The number of likely N-dealkylation sites (N-methyl/N-ethyl adjacent to an activating group) is 1. The maximum atomic E-state index is 13.4. The second kappa shape index (κ2) is 14.2. The Balaban J connectivity index is 3.25. The Morgan fingerprint density at radius 1 is 1.05 bits per heavy atom. The van der Waals surface area contributed by atoms with Crippen molar-refractivity contribution in [1.29, 1.82) is 0 Å². The van der Waals surface area contributed by atoms with E-state index in [1.807, 2.05) is 7.05 Å². The molecule has 0 bridgehead atoms. The van der Waals surface area contributed by atoms with E-state index in [1.54, 1.807) is 13.8 Å². The number of alkyl halides is 1. The zero-order chi connectivity index (χ0) is 15.9. The van der Waals surface area contributed by atoms with Crippen molar-refractivity contribution in [3.8, 4) is 0 Å². The lowest BCUT2D eigenvalue weighted by molar-refractivity contribution is -0.124. The molecule has 6 nitrogen and oxygen atoms in total. The molecule has 0 rings (SSSR count). The van der Waals surface area contributed by atoms with Crippen LogP contribution >= 0.6 is 0 Å². The van der Waals surface area contributed by atoms with Crippen LogP contribution in [0.4, 0.5) is 4.39 Å². The highest BCUT2D eigenvalue weighted by Gasteiger charge is 2.11. The fraction of sp³-hybridized carbons (Fsp3) is 0.929. The molecule has 2 N–H and O–H groups in total. The van der Waals surface area contributed by atoms with Gasteiger partial charge in [-0.2, -0.15) is 0 Å². The van der Waals surface area contributed by atoms with Crippen molar-refractivity contribution in [2.45, 2.75) is 20.0 Å². The molecule has 1 unspecified atom stereocenters. The Hall–Kier alpha value is -0.760. The van der Waals surface area contributed by atoms with Gasteiger partial charge >= 0.3 is 0 Å². The number of nitrogens with one attached hydrogen (secondary N) is 2. The van der Waals surface area contributed by atoms with Gasteiger partial charge in [-0.3, -0.25) is 4.79 Å². The first-order valence-electron chi connectivity index (χ1n) is 7.37. The second-order valence-electron chi connectivity index (χ2n) is 4.90. The van der Waals surface area contributed by atoms with Crippen LogP contribution in [0.1, 0.15) is 13.8 Å². The van der Waals surface area contributed by atoms with Gasteiger partial charge in [0.05, 0.1) is 46.2 Å². The van der Waals surface area contributed by atoms with E-state index in [2.05, 4.69) is 10.6 Å². The van der Waals surface area contributed by atoms with Crippen LogP contribution in [0.15, 0.2) is 0 Å². The SMILES string of the molecule is CNCCOCCOCCOCC(F)CNC(=O)C(C)C. The van der Waals surface area contributed by atoms with Gasteiger partial charge < -0.3 is 24.8 Å². The normalized spacial score (nSPS) is 12.6. The van der Waals surface area contributed by atoms with Crippen molar-refractivity contribution in [3.05, 3.63) is 0 Å². The van der Waals surface area contributed by atoms with E-state index >= 15 is 0 Å². The lowest BCUT2D eigenvalue weighted by atomic mass is 10.2. The fourth-order valence-corrected chi connectivity index (χ4v) is 1.30. The summed E-state index contributed by atoms with van der Waals surface area (Å²) < 4.78 is 29.0. The zero-order valence-corrected chi connectivity index (χ0v) is 13.3. The van der Waals surface area contributed by atoms with E-state index in [0.29, 0.717) is 33.0 Å². The summed E-state index contributed by atoms with van der Waals surface area (Å²) in [7, 11) is 1.86. The highest BCUT2D eigenvalue weighted by Crippen LogP contribution is 1.94. The van der Waals surface area contributed by atoms with Crippen LogP contribution in [0.25, 0.3) is 0 Å². The van der Waals surface area contributed by atoms with Crippen LogP contribution < -0.4 is 10.6 Å². The van der Waals surface area contributed by atoms with Gasteiger partial charge in [0, 0.05) is 12.5 Å². The molecule has 0 aromatic rings. The minimum Gasteiger partial charge on any atom is -0.378 e. The molecular formula is C14H29FN2O4. The van der Waals surface area contributed by atoms with Gasteiger partial charge in [-0.05, 0) is 7.05 Å². The summed E-state index contributed by atoms with van der Waals surface area (Å²) in [5, 5.41) is 5.49. The summed E-state index contributed by atoms with van der Waals surface area (Å²) in [6, 6.07) is 0. The van der Waals surface area contributed by atoms with Crippen molar-refractivity contribution in [2.75, 3.05) is 59.8 Å². The Bertz CT molecular complexity index is 255. The van der Waals surface area contributed by atoms with Crippen molar-refractivity contribution in [3.63, 3.8) is 0 Å². The van der Waals surface area contributed by atoms with Gasteiger partial charge in [0.1, 0.15) is 6.17 Å². The lowest BCUT2D eigenvalue weighted by Gasteiger charge is -2.12. The first-order chi connectivity index (χ1) is 10.1. The Morgan fingerprint density at radius 2 is 1.62 bits per heavy atom. The van der Waals surface area contributed by atoms with Gasteiger partial charge in [0.2, 0.25) is 5.91 Å². The van der Waals surface area contributed by atoms with E-state index in [0.717, 1.165) is 6.54 Å². The molecular weight excluding hydrogens is 279 g/mol. The van der Waals surface area contributed by atoms with Gasteiger partial charge in [-0.15, -0.1) is 0 Å². The number of halogens is 1. The van der Waals surface area contributed by atoms with Crippen molar-refractivity contribution >= 4 is 5.91 Å². The molecule has 0 aliphatic carbocycles. The topological polar surface area (TPSA) is 68.8 Å². The number of amides is 1. The molecule has 1 amide bonds. The smallest absolute Gasteiger partial charge is 0.222 e. The number of carbonyl (C=O) groups excluding carboxylic acids is 1. The van der Waals surface area contributed by atoms with Gasteiger partial charge in [-0.25, -0.2) is 4.39 Å². The minimum atomic E-state index is -1.20. The van der Waals surface area contributed by atoms with E-state index in [9.17, 15) is 9.18 Å². The van der Waals surface area contributed by atoms with E-state index in [1.165, 1.54) is 0 Å². The Labute approximate surface area is 126 Å². The summed E-state index contributed by atoms with van der Waals surface area (Å²) >= 11 is 0. The summed E-state index contributed by atoms with van der Waals surface area (Å²) in [6.45, 7) is 6.70. The maximum absolute atomic E-state index is 13.4. The van der Waals surface area contributed by atoms with Crippen LogP contribution in [-0.4, -0.2) is 71.9 Å². The van der Waals surface area contributed by atoms with Gasteiger partial charge in [0.15, 0.2) is 0 Å². The number of carbonyl (C=O) groups is 1. The number of rotatable bonds is 14. The van der Waals surface area contributed by atoms with Gasteiger partial charge in [0.25, 0.3) is 0 Å². The van der Waals surface area contributed by atoms with Crippen LogP contribution in [0, 0.1) is 5.92 Å². The van der Waals surface area contributed by atoms with Crippen molar-refractivity contribution in [2.24, 2.45) is 5.92 Å². The fourth-order valence-electron chi connectivity index (χ4n) is 1.30. The summed E-state index contributed by atoms with van der Waals surface area (Å²) in [5.41, 5.74) is 0. The second-order valence-corrected chi connectivity index (χ2v) is 4.90. The third-order valence-corrected chi connectivity index (χ3v) is 2.56. The molecule has 7 heteroatoms. The first-order valence-corrected chi connectivity index (χ1v) is 7.37. The summed E-state index contributed by atoms with van der Waals surface area (Å²) in [4.78, 5) is 11.2. The molecule has 0 aliphatic heterocycles. The molecule has 0 heterocycles. The van der Waals surface area contributed by atoms with Crippen molar-refractivity contribution < 1.29 is 23.4 Å². The Morgan fingerprint density at radius 3 is 2.19 bits per heavy atom. The third-order valence-electron chi connectivity index (χ3n) is 2.56. The van der Waals surface area contributed by atoms with E-state index < -0.39 is 6.17 Å². The number of hydrogen-bond donors (Lipinski definition) is 2. The van der Waals surface area contributed by atoms with Crippen LogP contribution in [0.2, 0.25) is 0 Å². The molecule has 0 fully saturated rings. The quantitative estimate of drug-likeness (QED) is 0.454. The molecule has 0 radical (unpaired) electrons. The first kappa shape index (κ1) is 20.2. The molecule has 0 saturated heterocycles. The molecule has 0 spiro atoms. The summed E-state index contributed by atoms with van der Waals surface area (Å²) in [5.74, 6) is -0.291. The average Bonchev–Trinajstić information content (AvgIpc) is 2.46. The predicted molar refractivity (Wildman–Crippen MR) is 79.1 cm³/mol. The largest absolute Gasteiger partial charge is 0.378 e. The standard InChI is InChI=1S/C14H29FN2O4/c1-12(2)14(18)17-10-13(15)11-21-9-8-20-7-6-19-5-4-16-3/h12-13,16H,4-11H2,1-3H3,(H,17,18). The van der Waals surface area contributed by atoms with Crippen LogP contribution in [-0.2, 0) is 19.0 Å². The minimum absolute atomic E-state index is 0.0167. The third kappa shape index (κ3) is 14.0. The number of hydrogen-bond acceptors (Lipinski definition) is 5. The molecule has 1 atom stereocenters. The van der Waals surface area contributed by atoms with Crippen molar-refractivity contribution in [1.82, 2.24) is 10.6 Å². The molecule has 0 saturated carbocycles. The molecule has 21 heavy (non-hydrogen) atoms. The zero-order valence-electron chi connectivity index (χ0n) is 13.3. The highest BCUT2D eigenvalue weighted by molar-refractivity contribution is 5.77. The molecule has 126 valence electrons. The predicted octanol–water partition coefficient (Wildman–Crippen LogP) is 0.366. The monoisotopic (exact) mass is 308 g/mol. The molecule has 0 aliphatic rings. The van der Waals surface area contributed by atoms with E-state index in [4.69, 9.17) is 14.2 Å². The lowest BCUT2D eigenvalue weighted by Crippen LogP contribution is -2.35. The van der Waals surface area contributed by atoms with Crippen LogP contribution in [0.3, 0.4) is 0 Å². The molecule has 0 aromatic carbocycles. The number of ether oxygens (including phenoxy) is 3. The van der Waals surface area contributed by atoms with E-state index in [-0.39, 0.29) is 25.0 Å². The van der Waals surface area contributed by atoms with Gasteiger partial charge in [-0.1, -0.05) is 13.8 Å². The Kier molecular flexibility index (Phi) is 13.7. The summed E-state index contributed by atoms with van der Waals surface area (Å²) in [6.07, 6.45) is -1.20. The molecule has 0 aromatic heterocycles. The average molecular weight is 308 g/mol. The highest BCUT2D eigenvalue weighted by atomic mass is 19.1. The van der Waals surface area contributed by atoms with Crippen LogP contribution in [0.5, 0.6) is 0 Å².